The van der Waals surface area contributed by atoms with Crippen LogP contribution < -0.4 is 5.32 Å². The van der Waals surface area contributed by atoms with Crippen molar-refractivity contribution < 1.29 is 27.4 Å². The van der Waals surface area contributed by atoms with Gasteiger partial charge in [-0.05, 0) is 24.0 Å². The number of methoxy groups -OCH3 is 1. The standard InChI is InChI=1S/C20H28F3N3O3/c1-4-24-19(26-10-14(2)17(11-26)18(27)28-3)25-9-15-6-5-7-16(8-15)12-29-13-20(21,22)23/h5-8,14,17H,4,9-13H2,1-3H3,(H,24,25). The molecule has 6 nitrogen and oxygen atoms in total. The second-order valence-corrected chi connectivity index (χ2v) is 7.11. The maximum absolute atomic E-state index is 12.2. The van der Waals surface area contributed by atoms with Crippen LogP contribution in [0.3, 0.4) is 0 Å². The molecule has 1 saturated heterocycles. The molecule has 9 heteroatoms. The molecule has 1 aliphatic rings. The average Bonchev–Trinajstić information content (AvgIpc) is 3.05. The Morgan fingerprint density at radius 1 is 1.31 bits per heavy atom. The smallest absolute Gasteiger partial charge is 0.411 e. The van der Waals surface area contributed by atoms with Crippen LogP contribution in [0.4, 0.5) is 13.2 Å². The molecule has 162 valence electrons. The van der Waals surface area contributed by atoms with Crippen molar-refractivity contribution in [1.82, 2.24) is 10.2 Å². The Bertz CT molecular complexity index is 710. The third kappa shape index (κ3) is 7.23. The topological polar surface area (TPSA) is 63.2 Å². The van der Waals surface area contributed by atoms with Gasteiger partial charge in [-0.15, -0.1) is 0 Å². The summed E-state index contributed by atoms with van der Waals surface area (Å²) < 4.78 is 46.2. The van der Waals surface area contributed by atoms with Gasteiger partial charge >= 0.3 is 12.1 Å². The fraction of sp³-hybridized carbons (Fsp3) is 0.600. The number of benzene rings is 1. The summed E-state index contributed by atoms with van der Waals surface area (Å²) in [6.07, 6.45) is -4.34. The lowest BCUT2D eigenvalue weighted by Crippen LogP contribution is -2.40. The van der Waals surface area contributed by atoms with Crippen LogP contribution in [-0.2, 0) is 27.4 Å². The number of guanidine groups is 1. The first-order valence-corrected chi connectivity index (χ1v) is 9.57. The number of rotatable bonds is 7. The van der Waals surface area contributed by atoms with E-state index < -0.39 is 12.8 Å². The number of nitrogens with one attached hydrogen (secondary N) is 1. The van der Waals surface area contributed by atoms with Crippen molar-refractivity contribution in [1.29, 1.82) is 0 Å². The SMILES string of the molecule is CCNC(=NCc1cccc(COCC(F)(F)F)c1)N1CC(C)C(C(=O)OC)C1. The molecule has 1 aromatic rings. The molecule has 2 unspecified atom stereocenters. The summed E-state index contributed by atoms with van der Waals surface area (Å²) in [7, 11) is 1.39. The Hall–Kier alpha value is -2.29. The molecule has 0 radical (unpaired) electrons. The second kappa shape index (κ2) is 10.5. The summed E-state index contributed by atoms with van der Waals surface area (Å²) in [6, 6.07) is 7.14. The highest BCUT2D eigenvalue weighted by Crippen LogP contribution is 2.24. The summed E-state index contributed by atoms with van der Waals surface area (Å²) in [5.41, 5.74) is 1.53. The summed E-state index contributed by atoms with van der Waals surface area (Å²) in [5, 5.41) is 3.23. The molecule has 1 aromatic carbocycles. The lowest BCUT2D eigenvalue weighted by Gasteiger charge is -2.21. The first kappa shape index (κ1) is 23.0. The Kier molecular flexibility index (Phi) is 8.31. The van der Waals surface area contributed by atoms with E-state index in [1.54, 1.807) is 18.2 Å². The van der Waals surface area contributed by atoms with Crippen molar-refractivity contribution in [2.45, 2.75) is 33.2 Å². The quantitative estimate of drug-likeness (QED) is 0.422. The van der Waals surface area contributed by atoms with Crippen LogP contribution in [-0.4, -0.2) is 56.4 Å². The first-order chi connectivity index (χ1) is 13.7. The molecule has 29 heavy (non-hydrogen) atoms. The van der Waals surface area contributed by atoms with Gasteiger partial charge in [0, 0.05) is 19.6 Å². The van der Waals surface area contributed by atoms with E-state index in [1.165, 1.54) is 7.11 Å². The van der Waals surface area contributed by atoms with Gasteiger partial charge in [-0.25, -0.2) is 4.99 Å². The molecule has 0 spiro atoms. The molecule has 0 aliphatic carbocycles. The Morgan fingerprint density at radius 2 is 2.03 bits per heavy atom. The third-order valence-corrected chi connectivity index (χ3v) is 4.69. The molecule has 1 N–H and O–H groups in total. The van der Waals surface area contributed by atoms with E-state index in [-0.39, 0.29) is 24.4 Å². The third-order valence-electron chi connectivity index (χ3n) is 4.69. The maximum Gasteiger partial charge on any atom is 0.411 e. The first-order valence-electron chi connectivity index (χ1n) is 9.57. The van der Waals surface area contributed by atoms with Crippen LogP contribution in [0.5, 0.6) is 0 Å². The van der Waals surface area contributed by atoms with Gasteiger partial charge in [0.25, 0.3) is 0 Å². The van der Waals surface area contributed by atoms with E-state index in [0.717, 1.165) is 5.56 Å². The van der Waals surface area contributed by atoms with Gasteiger partial charge in [-0.1, -0.05) is 31.2 Å². The lowest BCUT2D eigenvalue weighted by atomic mass is 9.99. The fourth-order valence-electron chi connectivity index (χ4n) is 3.29. The number of halogens is 3. The number of likely N-dealkylation sites (tertiary alicyclic amines) is 1. The number of nitrogens with zero attached hydrogens (tertiary/aromatic N) is 2. The number of aliphatic imine (C=N–C) groups is 1. The molecule has 0 amide bonds. The van der Waals surface area contributed by atoms with Crippen LogP contribution in [0.25, 0.3) is 0 Å². The Balaban J connectivity index is 2.01. The number of carbonyl (C=O) groups excluding carboxylic acids is 1. The molecule has 0 bridgehead atoms. The summed E-state index contributed by atoms with van der Waals surface area (Å²) >= 11 is 0. The number of carbonyl (C=O) groups is 1. The van der Waals surface area contributed by atoms with Crippen molar-refractivity contribution in [3.8, 4) is 0 Å². The van der Waals surface area contributed by atoms with Gasteiger partial charge in [0.15, 0.2) is 5.96 Å². The van der Waals surface area contributed by atoms with Gasteiger partial charge in [0.1, 0.15) is 6.61 Å². The summed E-state index contributed by atoms with van der Waals surface area (Å²) in [5.74, 6) is 0.435. The second-order valence-electron chi connectivity index (χ2n) is 7.11. The van der Waals surface area contributed by atoms with E-state index in [9.17, 15) is 18.0 Å². The predicted molar refractivity (Wildman–Crippen MR) is 103 cm³/mol. The van der Waals surface area contributed by atoms with Crippen molar-refractivity contribution >= 4 is 11.9 Å². The Labute approximate surface area is 169 Å². The van der Waals surface area contributed by atoms with E-state index in [4.69, 9.17) is 9.47 Å². The Morgan fingerprint density at radius 3 is 2.69 bits per heavy atom. The normalized spacial score (nSPS) is 20.1. The molecule has 2 rings (SSSR count). The highest BCUT2D eigenvalue weighted by Gasteiger charge is 2.36. The monoisotopic (exact) mass is 415 g/mol. The maximum atomic E-state index is 12.2. The van der Waals surface area contributed by atoms with E-state index in [1.807, 2.05) is 24.8 Å². The predicted octanol–water partition coefficient (Wildman–Crippen LogP) is 2.97. The molecular weight excluding hydrogens is 387 g/mol. The van der Waals surface area contributed by atoms with Crippen molar-refractivity contribution in [3.63, 3.8) is 0 Å². The number of hydrogen-bond donors (Lipinski definition) is 1. The number of hydrogen-bond acceptors (Lipinski definition) is 4. The molecule has 1 fully saturated rings. The van der Waals surface area contributed by atoms with Crippen LogP contribution in [0.1, 0.15) is 25.0 Å². The molecular formula is C20H28F3N3O3. The minimum Gasteiger partial charge on any atom is -0.469 e. The van der Waals surface area contributed by atoms with Crippen LogP contribution >= 0.6 is 0 Å². The molecule has 1 aliphatic heterocycles. The summed E-state index contributed by atoms with van der Waals surface area (Å²) in [4.78, 5) is 18.6. The van der Waals surface area contributed by atoms with Gasteiger partial charge in [0.05, 0.1) is 26.2 Å². The van der Waals surface area contributed by atoms with Crippen molar-refractivity contribution in [2.75, 3.05) is 33.4 Å². The number of alkyl halides is 3. The van der Waals surface area contributed by atoms with Crippen molar-refractivity contribution in [2.24, 2.45) is 16.8 Å². The molecule has 2 atom stereocenters. The average molecular weight is 415 g/mol. The van der Waals surface area contributed by atoms with Crippen LogP contribution in [0, 0.1) is 11.8 Å². The van der Waals surface area contributed by atoms with Crippen LogP contribution in [0.15, 0.2) is 29.3 Å². The zero-order chi connectivity index (χ0) is 21.4. The zero-order valence-electron chi connectivity index (χ0n) is 17.0. The van der Waals surface area contributed by atoms with Crippen LogP contribution in [0.2, 0.25) is 0 Å². The van der Waals surface area contributed by atoms with Crippen molar-refractivity contribution in [3.05, 3.63) is 35.4 Å². The van der Waals surface area contributed by atoms with Gasteiger partial charge < -0.3 is 19.7 Å². The highest BCUT2D eigenvalue weighted by molar-refractivity contribution is 5.82. The zero-order valence-corrected chi connectivity index (χ0v) is 17.0. The molecule has 0 aromatic heterocycles. The number of esters is 1. The lowest BCUT2D eigenvalue weighted by molar-refractivity contribution is -0.176. The minimum absolute atomic E-state index is 0.110. The number of ether oxygens (including phenoxy) is 2. The fourth-order valence-corrected chi connectivity index (χ4v) is 3.29. The minimum atomic E-state index is -4.34. The van der Waals surface area contributed by atoms with E-state index >= 15 is 0 Å². The van der Waals surface area contributed by atoms with E-state index in [0.29, 0.717) is 37.7 Å². The van der Waals surface area contributed by atoms with Gasteiger partial charge in [-0.3, -0.25) is 4.79 Å². The molecule has 1 heterocycles. The molecule has 0 saturated carbocycles. The highest BCUT2D eigenvalue weighted by atomic mass is 19.4. The largest absolute Gasteiger partial charge is 0.469 e. The van der Waals surface area contributed by atoms with Gasteiger partial charge in [-0.2, -0.15) is 13.2 Å². The van der Waals surface area contributed by atoms with E-state index in [2.05, 4.69) is 10.3 Å². The van der Waals surface area contributed by atoms with Gasteiger partial charge in [0.2, 0.25) is 0 Å². The summed E-state index contributed by atoms with van der Waals surface area (Å²) in [6.45, 7) is 4.86.